The van der Waals surface area contributed by atoms with Gasteiger partial charge in [0.25, 0.3) is 0 Å². The zero-order valence-corrected chi connectivity index (χ0v) is 15.3. The summed E-state index contributed by atoms with van der Waals surface area (Å²) in [5, 5.41) is 0. The largest absolute Gasteiger partial charge is 0.0701 e. The third-order valence-electron chi connectivity index (χ3n) is 5.29. The summed E-state index contributed by atoms with van der Waals surface area (Å²) < 4.78 is 0. The van der Waals surface area contributed by atoms with E-state index in [0.717, 1.165) is 12.8 Å². The van der Waals surface area contributed by atoms with Gasteiger partial charge >= 0.3 is 0 Å². The van der Waals surface area contributed by atoms with E-state index >= 15 is 0 Å². The third kappa shape index (κ3) is 2.98. The molecule has 1 unspecified atom stereocenters. The molecule has 2 aromatic rings. The second kappa shape index (κ2) is 6.81. The first kappa shape index (κ1) is 16.8. The van der Waals surface area contributed by atoms with Crippen LogP contribution < -0.4 is 0 Å². The van der Waals surface area contributed by atoms with Crippen molar-refractivity contribution in [3.8, 4) is 0 Å². The van der Waals surface area contributed by atoms with E-state index in [1.54, 1.807) is 0 Å². The molecule has 0 saturated carbocycles. The minimum Gasteiger partial charge on any atom is -0.0701 e. The first-order chi connectivity index (χ1) is 11.6. The maximum absolute atomic E-state index is 2.48. The maximum atomic E-state index is 2.48. The zero-order valence-electron chi connectivity index (χ0n) is 15.3. The van der Waals surface area contributed by atoms with E-state index in [-0.39, 0.29) is 5.41 Å². The van der Waals surface area contributed by atoms with Gasteiger partial charge in [-0.05, 0) is 54.5 Å². The van der Waals surface area contributed by atoms with Crippen molar-refractivity contribution in [3.05, 3.63) is 94.9 Å². The van der Waals surface area contributed by atoms with Gasteiger partial charge in [-0.25, -0.2) is 0 Å². The first-order valence-corrected chi connectivity index (χ1v) is 9.01. The molecule has 0 spiro atoms. The molecule has 0 saturated heterocycles. The Labute approximate surface area is 146 Å². The zero-order chi connectivity index (χ0) is 17.2. The van der Waals surface area contributed by atoms with Gasteiger partial charge in [-0.1, -0.05) is 80.1 Å². The predicted molar refractivity (Wildman–Crippen MR) is 105 cm³/mol. The Morgan fingerprint density at radius 1 is 0.833 bits per heavy atom. The molecule has 2 aromatic carbocycles. The van der Waals surface area contributed by atoms with Crippen LogP contribution in [0.15, 0.2) is 66.3 Å². The highest BCUT2D eigenvalue weighted by atomic mass is 14.4. The van der Waals surface area contributed by atoms with Crippen molar-refractivity contribution in [1.29, 1.82) is 0 Å². The molecule has 0 heteroatoms. The van der Waals surface area contributed by atoms with Crippen LogP contribution in [0.5, 0.6) is 0 Å². The summed E-state index contributed by atoms with van der Waals surface area (Å²) in [7, 11) is 0. The van der Waals surface area contributed by atoms with Crippen molar-refractivity contribution in [1.82, 2.24) is 0 Å². The van der Waals surface area contributed by atoms with E-state index in [2.05, 4.69) is 94.8 Å². The molecular formula is C24H27. The fourth-order valence-corrected chi connectivity index (χ4v) is 3.83. The lowest BCUT2D eigenvalue weighted by molar-refractivity contribution is 0.600. The van der Waals surface area contributed by atoms with Gasteiger partial charge in [0, 0.05) is 11.8 Å². The summed E-state index contributed by atoms with van der Waals surface area (Å²) in [4.78, 5) is 0. The number of aryl methyl sites for hydroxylation is 2. The Morgan fingerprint density at radius 2 is 1.50 bits per heavy atom. The highest BCUT2D eigenvalue weighted by molar-refractivity contribution is 5.80. The van der Waals surface area contributed by atoms with Gasteiger partial charge < -0.3 is 0 Å². The van der Waals surface area contributed by atoms with Gasteiger partial charge in [0.05, 0.1) is 0 Å². The maximum Gasteiger partial charge on any atom is 0.0213 e. The molecule has 1 aliphatic carbocycles. The van der Waals surface area contributed by atoms with Crippen molar-refractivity contribution in [2.45, 2.75) is 46.0 Å². The van der Waals surface area contributed by atoms with E-state index in [9.17, 15) is 0 Å². The lowest BCUT2D eigenvalue weighted by Gasteiger charge is -2.36. The molecule has 0 nitrogen and oxygen atoms in total. The van der Waals surface area contributed by atoms with E-state index in [1.165, 1.54) is 33.4 Å². The molecule has 0 bridgehead atoms. The minimum atomic E-state index is -0.0109. The Bertz CT molecular complexity index is 791. The molecule has 1 aliphatic rings. The van der Waals surface area contributed by atoms with E-state index < -0.39 is 0 Å². The fourth-order valence-electron chi connectivity index (χ4n) is 3.83. The van der Waals surface area contributed by atoms with Gasteiger partial charge in [-0.15, -0.1) is 0 Å². The molecule has 1 radical (unpaired) electrons. The van der Waals surface area contributed by atoms with E-state index in [1.807, 2.05) is 0 Å². The summed E-state index contributed by atoms with van der Waals surface area (Å²) in [5.74, 6) is 0. The molecule has 0 N–H and O–H groups in total. The van der Waals surface area contributed by atoms with Gasteiger partial charge in [0.1, 0.15) is 0 Å². The number of allylic oxidation sites excluding steroid dienone is 4. The fraction of sp³-hybridized carbons (Fsp3) is 0.292. The van der Waals surface area contributed by atoms with Crippen LogP contribution in [0.25, 0.3) is 5.57 Å². The second-order valence-electron chi connectivity index (χ2n) is 6.84. The summed E-state index contributed by atoms with van der Waals surface area (Å²) in [6.07, 6.45) is 9.48. The Hall–Kier alpha value is -2.08. The highest BCUT2D eigenvalue weighted by Crippen LogP contribution is 2.44. The van der Waals surface area contributed by atoms with Gasteiger partial charge in [-0.3, -0.25) is 0 Å². The monoisotopic (exact) mass is 315 g/mol. The van der Waals surface area contributed by atoms with Crippen molar-refractivity contribution >= 4 is 5.57 Å². The lowest BCUT2D eigenvalue weighted by atomic mass is 9.67. The van der Waals surface area contributed by atoms with Crippen LogP contribution in [0, 0.1) is 20.3 Å². The average molecular weight is 315 g/mol. The van der Waals surface area contributed by atoms with Crippen LogP contribution >= 0.6 is 0 Å². The van der Waals surface area contributed by atoms with Crippen molar-refractivity contribution in [3.63, 3.8) is 0 Å². The molecule has 0 aliphatic heterocycles. The lowest BCUT2D eigenvalue weighted by Crippen LogP contribution is -2.28. The standard InChI is InChI=1S/C24H27/c1-5-20-15-21(22-13-9-7-11-18(22)3)17-24(6-2,16-20)23-14-10-8-12-19(23)4/h7-17H,5-6H2,1-4H3. The molecular weight excluding hydrogens is 288 g/mol. The topological polar surface area (TPSA) is 0 Å². The predicted octanol–water partition coefficient (Wildman–Crippen LogP) is 6.59. The molecule has 0 amide bonds. The molecule has 3 rings (SSSR count). The van der Waals surface area contributed by atoms with Crippen molar-refractivity contribution in [2.24, 2.45) is 0 Å². The Morgan fingerprint density at radius 3 is 2.12 bits per heavy atom. The van der Waals surface area contributed by atoms with Crippen LogP contribution in [-0.2, 0) is 5.41 Å². The Kier molecular flexibility index (Phi) is 4.76. The SMILES string of the molecule is CCC1=CC(CC)(c2ccccc2C)[CH]C(c2ccccc2C)=C1. The molecule has 0 heterocycles. The number of hydrogen-bond acceptors (Lipinski definition) is 0. The summed E-state index contributed by atoms with van der Waals surface area (Å²) in [6, 6.07) is 17.5. The molecule has 24 heavy (non-hydrogen) atoms. The summed E-state index contributed by atoms with van der Waals surface area (Å²) >= 11 is 0. The average Bonchev–Trinajstić information content (AvgIpc) is 2.62. The van der Waals surface area contributed by atoms with Crippen LogP contribution in [0.1, 0.15) is 48.9 Å². The number of benzene rings is 2. The van der Waals surface area contributed by atoms with E-state index in [4.69, 9.17) is 0 Å². The van der Waals surface area contributed by atoms with Gasteiger partial charge in [0.2, 0.25) is 0 Å². The molecule has 0 fully saturated rings. The van der Waals surface area contributed by atoms with Crippen LogP contribution in [0.2, 0.25) is 0 Å². The summed E-state index contributed by atoms with van der Waals surface area (Å²) in [5.41, 5.74) is 8.27. The van der Waals surface area contributed by atoms with Crippen LogP contribution in [-0.4, -0.2) is 0 Å². The normalized spacial score (nSPS) is 20.5. The van der Waals surface area contributed by atoms with Crippen LogP contribution in [0.4, 0.5) is 0 Å². The van der Waals surface area contributed by atoms with Crippen LogP contribution in [0.3, 0.4) is 0 Å². The van der Waals surface area contributed by atoms with Gasteiger partial charge in [-0.2, -0.15) is 0 Å². The molecule has 0 aromatic heterocycles. The second-order valence-corrected chi connectivity index (χ2v) is 6.84. The first-order valence-electron chi connectivity index (χ1n) is 9.01. The molecule has 1 atom stereocenters. The number of rotatable bonds is 4. The smallest absolute Gasteiger partial charge is 0.0213 e. The van der Waals surface area contributed by atoms with Crippen molar-refractivity contribution in [2.75, 3.05) is 0 Å². The third-order valence-corrected chi connectivity index (χ3v) is 5.29. The highest BCUT2D eigenvalue weighted by Gasteiger charge is 2.34. The summed E-state index contributed by atoms with van der Waals surface area (Å²) in [6.45, 7) is 8.98. The van der Waals surface area contributed by atoms with Gasteiger partial charge in [0.15, 0.2) is 0 Å². The quantitative estimate of drug-likeness (QED) is 0.597. The van der Waals surface area contributed by atoms with E-state index in [0.29, 0.717) is 0 Å². The molecule has 123 valence electrons. The minimum absolute atomic E-state index is 0.0109. The number of hydrogen-bond donors (Lipinski definition) is 0. The Balaban J connectivity index is 2.14. The van der Waals surface area contributed by atoms with Crippen molar-refractivity contribution < 1.29 is 0 Å².